The summed E-state index contributed by atoms with van der Waals surface area (Å²) in [5, 5.41) is 0. The second-order valence-electron chi connectivity index (χ2n) is 7.12. The van der Waals surface area contributed by atoms with Crippen molar-refractivity contribution < 1.29 is 9.53 Å². The molecule has 0 bridgehead atoms. The van der Waals surface area contributed by atoms with Crippen LogP contribution in [0.5, 0.6) is 0 Å². The number of rotatable bonds is 4. The van der Waals surface area contributed by atoms with E-state index in [1.807, 2.05) is 67.6 Å². The maximum Gasteiger partial charge on any atom is 0.338 e. The Morgan fingerprint density at radius 3 is 2.50 bits per heavy atom. The molecule has 1 aromatic heterocycles. The normalized spacial score (nSPS) is 16.2. The van der Waals surface area contributed by atoms with Crippen LogP contribution < -0.4 is 14.9 Å². The van der Waals surface area contributed by atoms with Crippen LogP contribution in [0, 0.1) is 6.92 Å². The fraction of sp³-hybridized carbons (Fsp3) is 0.208. The van der Waals surface area contributed by atoms with Crippen molar-refractivity contribution in [3.8, 4) is 0 Å². The van der Waals surface area contributed by atoms with Gasteiger partial charge in [-0.2, -0.15) is 0 Å². The molecule has 0 saturated heterocycles. The molecule has 6 heteroatoms. The minimum absolute atomic E-state index is 0.164. The van der Waals surface area contributed by atoms with Crippen molar-refractivity contribution in [2.75, 3.05) is 6.61 Å². The number of benzene rings is 2. The van der Waals surface area contributed by atoms with Gasteiger partial charge in [-0.3, -0.25) is 9.36 Å². The summed E-state index contributed by atoms with van der Waals surface area (Å²) in [6, 6.07) is 17.0. The standard InChI is InChI=1S/C24H22N2O3S/c1-4-29-23(28)20-16(3)25-24-26(21(20)18-8-6-5-7-9-18)22(27)19(30-24)14-17-12-10-15(2)11-13-17/h5-14,21H,4H2,1-3H3/b19-14-/t21-/m0/s1. The van der Waals surface area contributed by atoms with E-state index < -0.39 is 12.0 Å². The van der Waals surface area contributed by atoms with Crippen LogP contribution in [0.25, 0.3) is 6.08 Å². The third-order valence-corrected chi connectivity index (χ3v) is 5.99. The third kappa shape index (κ3) is 3.66. The zero-order valence-corrected chi connectivity index (χ0v) is 17.9. The molecule has 0 N–H and O–H groups in total. The number of ether oxygens (including phenoxy) is 1. The number of esters is 1. The van der Waals surface area contributed by atoms with Gasteiger partial charge in [0.1, 0.15) is 0 Å². The SMILES string of the molecule is CCOC(=O)C1=C(C)N=c2s/c(=C\c3ccc(C)cc3)c(=O)n2[C@H]1c1ccccc1. The Morgan fingerprint density at radius 2 is 1.83 bits per heavy atom. The Labute approximate surface area is 178 Å². The van der Waals surface area contributed by atoms with Gasteiger partial charge in [0.25, 0.3) is 5.56 Å². The number of allylic oxidation sites excluding steroid dienone is 1. The summed E-state index contributed by atoms with van der Waals surface area (Å²) in [5.74, 6) is -0.444. The van der Waals surface area contributed by atoms with E-state index in [-0.39, 0.29) is 12.2 Å². The molecule has 0 fully saturated rings. The molecule has 0 spiro atoms. The van der Waals surface area contributed by atoms with Gasteiger partial charge in [0.05, 0.1) is 28.5 Å². The van der Waals surface area contributed by atoms with Crippen molar-refractivity contribution in [2.24, 2.45) is 4.99 Å². The van der Waals surface area contributed by atoms with Gasteiger partial charge in [0, 0.05) is 0 Å². The lowest BCUT2D eigenvalue weighted by Gasteiger charge is -2.24. The maximum absolute atomic E-state index is 13.4. The van der Waals surface area contributed by atoms with Crippen molar-refractivity contribution in [2.45, 2.75) is 26.8 Å². The first-order valence-corrected chi connectivity index (χ1v) is 10.6. The lowest BCUT2D eigenvalue weighted by atomic mass is 9.96. The van der Waals surface area contributed by atoms with E-state index in [2.05, 4.69) is 4.99 Å². The van der Waals surface area contributed by atoms with Crippen molar-refractivity contribution >= 4 is 23.4 Å². The van der Waals surface area contributed by atoms with E-state index in [1.54, 1.807) is 18.4 Å². The highest BCUT2D eigenvalue weighted by Crippen LogP contribution is 2.30. The molecule has 0 amide bonds. The largest absolute Gasteiger partial charge is 0.463 e. The van der Waals surface area contributed by atoms with E-state index in [0.29, 0.717) is 20.6 Å². The topological polar surface area (TPSA) is 60.7 Å². The van der Waals surface area contributed by atoms with Gasteiger partial charge in [-0.1, -0.05) is 71.5 Å². The zero-order chi connectivity index (χ0) is 21.3. The Kier molecular flexibility index (Phi) is 5.50. The van der Waals surface area contributed by atoms with Crippen LogP contribution in [0.2, 0.25) is 0 Å². The fourth-order valence-electron chi connectivity index (χ4n) is 3.56. The van der Waals surface area contributed by atoms with E-state index in [4.69, 9.17) is 4.74 Å². The number of carbonyl (C=O) groups excluding carboxylic acids is 1. The first kappa shape index (κ1) is 20.0. The van der Waals surface area contributed by atoms with Gasteiger partial charge in [-0.05, 0) is 38.0 Å². The molecule has 0 radical (unpaired) electrons. The molecule has 152 valence electrons. The molecule has 1 aliphatic heterocycles. The predicted molar refractivity (Wildman–Crippen MR) is 118 cm³/mol. The van der Waals surface area contributed by atoms with Gasteiger partial charge in [0.15, 0.2) is 4.80 Å². The third-order valence-electron chi connectivity index (χ3n) is 5.01. The summed E-state index contributed by atoms with van der Waals surface area (Å²) in [6.45, 7) is 5.84. The molecule has 0 saturated carbocycles. The molecule has 1 aliphatic rings. The second-order valence-corrected chi connectivity index (χ2v) is 8.13. The molecule has 0 unspecified atom stereocenters. The van der Waals surface area contributed by atoms with E-state index >= 15 is 0 Å². The maximum atomic E-state index is 13.4. The van der Waals surface area contributed by atoms with Gasteiger partial charge in [0.2, 0.25) is 0 Å². The minimum Gasteiger partial charge on any atom is -0.463 e. The Balaban J connectivity index is 1.94. The molecule has 2 heterocycles. The molecule has 0 aliphatic carbocycles. The van der Waals surface area contributed by atoms with Crippen LogP contribution in [0.3, 0.4) is 0 Å². The molecular formula is C24H22N2O3S. The number of hydrogen-bond donors (Lipinski definition) is 0. The predicted octanol–water partition coefficient (Wildman–Crippen LogP) is 3.11. The lowest BCUT2D eigenvalue weighted by molar-refractivity contribution is -0.139. The molecule has 4 rings (SSSR count). The van der Waals surface area contributed by atoms with Gasteiger partial charge in [-0.15, -0.1) is 0 Å². The zero-order valence-electron chi connectivity index (χ0n) is 17.1. The summed E-state index contributed by atoms with van der Waals surface area (Å²) >= 11 is 1.33. The number of aryl methyl sites for hydroxylation is 1. The quantitative estimate of drug-likeness (QED) is 0.612. The molecule has 3 aromatic rings. The summed E-state index contributed by atoms with van der Waals surface area (Å²) in [4.78, 5) is 31.4. The highest BCUT2D eigenvalue weighted by atomic mass is 32.1. The van der Waals surface area contributed by atoms with Crippen molar-refractivity contribution in [3.63, 3.8) is 0 Å². The van der Waals surface area contributed by atoms with Crippen molar-refractivity contribution in [3.05, 3.63) is 102 Å². The first-order valence-electron chi connectivity index (χ1n) is 9.81. The van der Waals surface area contributed by atoms with E-state index in [1.165, 1.54) is 11.3 Å². The first-order chi connectivity index (χ1) is 14.5. The average molecular weight is 419 g/mol. The van der Waals surface area contributed by atoms with E-state index in [9.17, 15) is 9.59 Å². The molecular weight excluding hydrogens is 396 g/mol. The smallest absolute Gasteiger partial charge is 0.338 e. The summed E-state index contributed by atoms with van der Waals surface area (Å²) < 4.78 is 7.49. The van der Waals surface area contributed by atoms with Crippen LogP contribution >= 0.6 is 11.3 Å². The summed E-state index contributed by atoms with van der Waals surface area (Å²) in [7, 11) is 0. The highest BCUT2D eigenvalue weighted by Gasteiger charge is 2.33. The van der Waals surface area contributed by atoms with Crippen LogP contribution in [0.4, 0.5) is 0 Å². The van der Waals surface area contributed by atoms with Crippen LogP contribution in [-0.4, -0.2) is 17.1 Å². The number of fused-ring (bicyclic) bond motifs is 1. The van der Waals surface area contributed by atoms with Gasteiger partial charge in [-0.25, -0.2) is 9.79 Å². The molecule has 1 atom stereocenters. The number of carbonyl (C=O) groups is 1. The van der Waals surface area contributed by atoms with Crippen molar-refractivity contribution in [1.82, 2.24) is 4.57 Å². The summed E-state index contributed by atoms with van der Waals surface area (Å²) in [6.07, 6.45) is 1.87. The fourth-order valence-corrected chi connectivity index (χ4v) is 4.60. The Bertz CT molecular complexity index is 1300. The number of hydrogen-bond acceptors (Lipinski definition) is 5. The average Bonchev–Trinajstić information content (AvgIpc) is 3.04. The van der Waals surface area contributed by atoms with Crippen molar-refractivity contribution in [1.29, 1.82) is 0 Å². The monoisotopic (exact) mass is 418 g/mol. The van der Waals surface area contributed by atoms with Crippen LogP contribution in [0.15, 0.2) is 75.7 Å². The second kappa shape index (κ2) is 8.24. The Hall–Kier alpha value is -3.25. The van der Waals surface area contributed by atoms with Crippen LogP contribution in [0.1, 0.15) is 36.6 Å². The Morgan fingerprint density at radius 1 is 1.13 bits per heavy atom. The minimum atomic E-state index is -0.568. The molecule has 30 heavy (non-hydrogen) atoms. The molecule has 5 nitrogen and oxygen atoms in total. The molecule has 2 aromatic carbocycles. The van der Waals surface area contributed by atoms with Gasteiger partial charge >= 0.3 is 5.97 Å². The van der Waals surface area contributed by atoms with Crippen LogP contribution in [-0.2, 0) is 9.53 Å². The number of aromatic nitrogens is 1. The van der Waals surface area contributed by atoms with Gasteiger partial charge < -0.3 is 4.74 Å². The number of nitrogens with zero attached hydrogens (tertiary/aromatic N) is 2. The number of thiazole rings is 1. The highest BCUT2D eigenvalue weighted by molar-refractivity contribution is 7.07. The van der Waals surface area contributed by atoms with E-state index in [0.717, 1.165) is 16.7 Å². The lowest BCUT2D eigenvalue weighted by Crippen LogP contribution is -2.39. The summed E-state index contributed by atoms with van der Waals surface area (Å²) in [5.41, 5.74) is 3.76.